The third kappa shape index (κ3) is 6.66. The lowest BCUT2D eigenvalue weighted by molar-refractivity contribution is 0.0349. The highest BCUT2D eigenvalue weighted by Crippen LogP contribution is 2.16. The van der Waals surface area contributed by atoms with E-state index < -0.39 is 5.60 Å². The first-order valence-electron chi connectivity index (χ1n) is 8.49. The Bertz CT molecular complexity index is 298. The first-order valence-corrected chi connectivity index (χ1v) is 8.49. The largest absolute Gasteiger partial charge is 0.388 e. The number of nitrogens with zero attached hydrogens (tertiary/aromatic N) is 1. The number of hydrogen-bond donors (Lipinski definition) is 3. The highest BCUT2D eigenvalue weighted by atomic mass is 16.3. The van der Waals surface area contributed by atoms with Gasteiger partial charge >= 0.3 is 6.03 Å². The molecular formula is C16H33N3O2. The Hall–Kier alpha value is -0.810. The van der Waals surface area contributed by atoms with Gasteiger partial charge in [0, 0.05) is 13.1 Å². The normalized spacial score (nSPS) is 17.7. The maximum absolute atomic E-state index is 11.8. The minimum Gasteiger partial charge on any atom is -0.388 e. The fraction of sp³-hybridized carbons (Fsp3) is 0.938. The SMILES string of the molecule is CCCN1CCC(CNC(=O)NCC(O)(CC)CC)CC1. The fourth-order valence-corrected chi connectivity index (χ4v) is 2.77. The van der Waals surface area contributed by atoms with Crippen molar-refractivity contribution in [3.63, 3.8) is 0 Å². The van der Waals surface area contributed by atoms with E-state index in [1.165, 1.54) is 13.0 Å². The summed E-state index contributed by atoms with van der Waals surface area (Å²) in [6, 6.07) is -0.161. The van der Waals surface area contributed by atoms with E-state index in [9.17, 15) is 9.90 Å². The first kappa shape index (κ1) is 18.2. The second-order valence-corrected chi connectivity index (χ2v) is 6.28. The van der Waals surface area contributed by atoms with Crippen LogP contribution in [-0.4, -0.2) is 54.4 Å². The molecule has 0 spiro atoms. The van der Waals surface area contributed by atoms with Crippen LogP contribution in [0.4, 0.5) is 4.79 Å². The molecule has 5 heteroatoms. The van der Waals surface area contributed by atoms with Crippen molar-refractivity contribution in [3.05, 3.63) is 0 Å². The average molecular weight is 299 g/mol. The maximum Gasteiger partial charge on any atom is 0.314 e. The zero-order chi connectivity index (χ0) is 15.7. The van der Waals surface area contributed by atoms with Gasteiger partial charge in [-0.2, -0.15) is 0 Å². The van der Waals surface area contributed by atoms with Gasteiger partial charge < -0.3 is 20.6 Å². The third-order valence-electron chi connectivity index (χ3n) is 4.69. The van der Waals surface area contributed by atoms with Crippen molar-refractivity contribution >= 4 is 6.03 Å². The molecule has 0 aliphatic carbocycles. The molecule has 2 amide bonds. The molecule has 1 fully saturated rings. The lowest BCUT2D eigenvalue weighted by Crippen LogP contribution is -2.47. The summed E-state index contributed by atoms with van der Waals surface area (Å²) in [5.41, 5.74) is -0.775. The van der Waals surface area contributed by atoms with Gasteiger partial charge in [0.15, 0.2) is 0 Å². The number of nitrogens with one attached hydrogen (secondary N) is 2. The third-order valence-corrected chi connectivity index (χ3v) is 4.69. The Balaban J connectivity index is 2.16. The van der Waals surface area contributed by atoms with Crippen molar-refractivity contribution < 1.29 is 9.90 Å². The van der Waals surface area contributed by atoms with Crippen LogP contribution < -0.4 is 10.6 Å². The van der Waals surface area contributed by atoms with Crippen molar-refractivity contribution in [3.8, 4) is 0 Å². The van der Waals surface area contributed by atoms with Gasteiger partial charge in [-0.05, 0) is 57.7 Å². The predicted octanol–water partition coefficient (Wildman–Crippen LogP) is 1.96. The van der Waals surface area contributed by atoms with Crippen LogP contribution in [0.2, 0.25) is 0 Å². The van der Waals surface area contributed by atoms with Crippen LogP contribution in [0, 0.1) is 5.92 Å². The number of carbonyl (C=O) groups excluding carboxylic acids is 1. The summed E-state index contributed by atoms with van der Waals surface area (Å²) >= 11 is 0. The molecule has 0 aromatic heterocycles. The lowest BCUT2D eigenvalue weighted by atomic mass is 9.96. The van der Waals surface area contributed by atoms with Crippen LogP contribution in [0.1, 0.15) is 52.9 Å². The maximum atomic E-state index is 11.8. The van der Waals surface area contributed by atoms with Gasteiger partial charge in [0.05, 0.1) is 5.60 Å². The number of carbonyl (C=O) groups is 1. The highest BCUT2D eigenvalue weighted by Gasteiger charge is 2.23. The van der Waals surface area contributed by atoms with Crippen LogP contribution >= 0.6 is 0 Å². The van der Waals surface area contributed by atoms with Crippen LogP contribution in [0.25, 0.3) is 0 Å². The Kier molecular flexibility index (Phi) is 8.04. The van der Waals surface area contributed by atoms with E-state index in [0.29, 0.717) is 25.3 Å². The summed E-state index contributed by atoms with van der Waals surface area (Å²) in [6.45, 7) is 10.6. The number of amides is 2. The monoisotopic (exact) mass is 299 g/mol. The molecule has 1 aliphatic rings. The average Bonchev–Trinajstić information content (AvgIpc) is 2.52. The van der Waals surface area contributed by atoms with Crippen LogP contribution in [0.5, 0.6) is 0 Å². The summed E-state index contributed by atoms with van der Waals surface area (Å²) in [5.74, 6) is 0.583. The molecule has 0 aromatic rings. The number of urea groups is 1. The van der Waals surface area contributed by atoms with Gasteiger partial charge in [0.1, 0.15) is 0 Å². The van der Waals surface area contributed by atoms with Gasteiger partial charge in [0.25, 0.3) is 0 Å². The van der Waals surface area contributed by atoms with Crippen molar-refractivity contribution in [1.29, 1.82) is 0 Å². The second kappa shape index (κ2) is 9.26. The number of hydrogen-bond acceptors (Lipinski definition) is 3. The number of likely N-dealkylation sites (tertiary alicyclic amines) is 1. The van der Waals surface area contributed by atoms with E-state index in [2.05, 4.69) is 22.5 Å². The molecule has 0 aromatic carbocycles. The summed E-state index contributed by atoms with van der Waals surface area (Å²) in [7, 11) is 0. The van der Waals surface area contributed by atoms with E-state index in [1.54, 1.807) is 0 Å². The zero-order valence-electron chi connectivity index (χ0n) is 14.0. The molecule has 0 unspecified atom stereocenters. The molecule has 0 bridgehead atoms. The van der Waals surface area contributed by atoms with Crippen LogP contribution in [-0.2, 0) is 0 Å². The molecule has 0 atom stereocenters. The fourth-order valence-electron chi connectivity index (χ4n) is 2.77. The van der Waals surface area contributed by atoms with Gasteiger partial charge in [-0.3, -0.25) is 0 Å². The van der Waals surface area contributed by atoms with E-state index in [4.69, 9.17) is 0 Å². The van der Waals surface area contributed by atoms with Crippen molar-refractivity contribution in [2.75, 3.05) is 32.7 Å². The van der Waals surface area contributed by atoms with E-state index >= 15 is 0 Å². The van der Waals surface area contributed by atoms with Gasteiger partial charge in [-0.15, -0.1) is 0 Å². The van der Waals surface area contributed by atoms with Crippen molar-refractivity contribution in [1.82, 2.24) is 15.5 Å². The smallest absolute Gasteiger partial charge is 0.314 e. The van der Waals surface area contributed by atoms with Crippen LogP contribution in [0.15, 0.2) is 0 Å². The first-order chi connectivity index (χ1) is 10.0. The lowest BCUT2D eigenvalue weighted by Gasteiger charge is -2.31. The molecule has 124 valence electrons. The topological polar surface area (TPSA) is 64.6 Å². The number of aliphatic hydroxyl groups is 1. The number of rotatable bonds is 8. The van der Waals surface area contributed by atoms with Gasteiger partial charge in [-0.25, -0.2) is 4.79 Å². The molecule has 3 N–H and O–H groups in total. The zero-order valence-corrected chi connectivity index (χ0v) is 14.0. The Labute approximate surface area is 129 Å². The Morgan fingerprint density at radius 2 is 1.81 bits per heavy atom. The van der Waals surface area contributed by atoms with Crippen molar-refractivity contribution in [2.24, 2.45) is 5.92 Å². The van der Waals surface area contributed by atoms with Gasteiger partial charge in [-0.1, -0.05) is 20.8 Å². The molecular weight excluding hydrogens is 266 g/mol. The van der Waals surface area contributed by atoms with Crippen molar-refractivity contribution in [2.45, 2.75) is 58.5 Å². The Morgan fingerprint density at radius 3 is 2.33 bits per heavy atom. The Morgan fingerprint density at radius 1 is 1.19 bits per heavy atom. The molecule has 1 heterocycles. The summed E-state index contributed by atoms with van der Waals surface area (Å²) in [4.78, 5) is 14.3. The molecule has 1 saturated heterocycles. The van der Waals surface area contributed by atoms with E-state index in [0.717, 1.165) is 32.5 Å². The minimum absolute atomic E-state index is 0.161. The summed E-state index contributed by atoms with van der Waals surface area (Å²) < 4.78 is 0. The van der Waals surface area contributed by atoms with E-state index in [-0.39, 0.29) is 6.03 Å². The molecule has 0 saturated carbocycles. The second-order valence-electron chi connectivity index (χ2n) is 6.28. The highest BCUT2D eigenvalue weighted by molar-refractivity contribution is 5.73. The molecule has 1 rings (SSSR count). The summed E-state index contributed by atoms with van der Waals surface area (Å²) in [5, 5.41) is 15.8. The van der Waals surface area contributed by atoms with E-state index in [1.807, 2.05) is 13.8 Å². The molecule has 21 heavy (non-hydrogen) atoms. The predicted molar refractivity (Wildman–Crippen MR) is 86.4 cm³/mol. The van der Waals surface area contributed by atoms with Crippen LogP contribution in [0.3, 0.4) is 0 Å². The number of piperidine rings is 1. The standard InChI is InChI=1S/C16H33N3O2/c1-4-9-19-10-7-14(8-11-19)12-17-15(20)18-13-16(21,5-2)6-3/h14,21H,4-13H2,1-3H3,(H2,17,18,20). The molecule has 5 nitrogen and oxygen atoms in total. The minimum atomic E-state index is -0.775. The quantitative estimate of drug-likeness (QED) is 0.642. The molecule has 1 aliphatic heterocycles. The summed E-state index contributed by atoms with van der Waals surface area (Å²) in [6.07, 6.45) is 4.84. The van der Waals surface area contributed by atoms with Gasteiger partial charge in [0.2, 0.25) is 0 Å². The molecule has 0 radical (unpaired) electrons.